The first-order valence-corrected chi connectivity index (χ1v) is 9.79. The van der Waals surface area contributed by atoms with Crippen molar-refractivity contribution in [2.24, 2.45) is 0 Å². The molecule has 0 fully saturated rings. The van der Waals surface area contributed by atoms with E-state index in [1.54, 1.807) is 45.5 Å². The highest BCUT2D eigenvalue weighted by Gasteiger charge is 2.11. The lowest BCUT2D eigenvalue weighted by molar-refractivity contribution is -0.126. The van der Waals surface area contributed by atoms with Gasteiger partial charge < -0.3 is 15.0 Å². The van der Waals surface area contributed by atoms with Crippen molar-refractivity contribution in [2.75, 3.05) is 38.4 Å². The van der Waals surface area contributed by atoms with Gasteiger partial charge in [0, 0.05) is 36.3 Å². The topological polar surface area (TPSA) is 83.6 Å². The van der Waals surface area contributed by atoms with Crippen LogP contribution >= 0.6 is 11.3 Å². The van der Waals surface area contributed by atoms with Crippen molar-refractivity contribution in [3.63, 3.8) is 0 Å². The molecule has 0 aliphatic carbocycles. The Morgan fingerprint density at radius 1 is 1.07 bits per heavy atom. The van der Waals surface area contributed by atoms with Crippen molar-refractivity contribution in [1.82, 2.24) is 9.88 Å². The first-order valence-electron chi connectivity index (χ1n) is 8.91. The molecular weight excluding hydrogens is 388 g/mol. The molecule has 8 heteroatoms. The monoisotopic (exact) mass is 410 g/mol. The number of nitrogens with one attached hydrogen (secondary N) is 2. The standard InChI is InChI=1S/C21H22N4O3S/c1-25(2)19(26)12-22-16-8-4-15(5-9-16)20(27)24-21-23-18(13-29-21)14-6-10-17(28-3)11-7-14/h4-11,13,22H,12H2,1-3H3,(H,23,24,27). The van der Waals surface area contributed by atoms with Gasteiger partial charge in [-0.05, 0) is 48.5 Å². The molecule has 2 aromatic carbocycles. The number of nitrogens with zero attached hydrogens (tertiary/aromatic N) is 2. The van der Waals surface area contributed by atoms with Gasteiger partial charge in [0.05, 0.1) is 19.3 Å². The largest absolute Gasteiger partial charge is 0.497 e. The second-order valence-corrected chi connectivity index (χ2v) is 7.30. The summed E-state index contributed by atoms with van der Waals surface area (Å²) in [5.41, 5.74) is 3.02. The van der Waals surface area contributed by atoms with Crippen LogP contribution in [0.1, 0.15) is 10.4 Å². The summed E-state index contributed by atoms with van der Waals surface area (Å²) >= 11 is 1.37. The highest BCUT2D eigenvalue weighted by molar-refractivity contribution is 7.14. The molecule has 7 nitrogen and oxygen atoms in total. The molecule has 1 heterocycles. The molecular formula is C21H22N4O3S. The smallest absolute Gasteiger partial charge is 0.257 e. The molecule has 0 bridgehead atoms. The minimum atomic E-state index is -0.239. The number of ether oxygens (including phenoxy) is 1. The van der Waals surface area contributed by atoms with Crippen molar-refractivity contribution in [3.05, 3.63) is 59.5 Å². The van der Waals surface area contributed by atoms with Crippen LogP contribution in [-0.2, 0) is 4.79 Å². The van der Waals surface area contributed by atoms with Crippen LogP contribution < -0.4 is 15.4 Å². The average molecular weight is 410 g/mol. The summed E-state index contributed by atoms with van der Waals surface area (Å²) in [5.74, 6) is 0.515. The number of anilines is 2. The second kappa shape index (κ2) is 9.20. The van der Waals surface area contributed by atoms with E-state index in [1.807, 2.05) is 29.6 Å². The van der Waals surface area contributed by atoms with E-state index in [-0.39, 0.29) is 18.4 Å². The van der Waals surface area contributed by atoms with E-state index < -0.39 is 0 Å². The number of rotatable bonds is 7. The zero-order valence-corrected chi connectivity index (χ0v) is 17.2. The Morgan fingerprint density at radius 3 is 2.38 bits per heavy atom. The molecule has 0 aliphatic rings. The molecule has 150 valence electrons. The molecule has 0 aliphatic heterocycles. The minimum Gasteiger partial charge on any atom is -0.497 e. The third-order valence-corrected chi connectivity index (χ3v) is 4.96. The Hall–Kier alpha value is -3.39. The van der Waals surface area contributed by atoms with Gasteiger partial charge in [0.25, 0.3) is 5.91 Å². The first kappa shape index (κ1) is 20.3. The molecule has 3 rings (SSSR count). The summed E-state index contributed by atoms with van der Waals surface area (Å²) in [6.45, 7) is 0.200. The Bertz CT molecular complexity index is 982. The summed E-state index contributed by atoms with van der Waals surface area (Å²) in [6, 6.07) is 14.5. The summed E-state index contributed by atoms with van der Waals surface area (Å²) in [5, 5.41) is 8.27. The molecule has 29 heavy (non-hydrogen) atoms. The third-order valence-electron chi connectivity index (χ3n) is 4.20. The van der Waals surface area contributed by atoms with Crippen molar-refractivity contribution in [3.8, 4) is 17.0 Å². The van der Waals surface area contributed by atoms with Gasteiger partial charge in [-0.3, -0.25) is 14.9 Å². The van der Waals surface area contributed by atoms with Gasteiger partial charge in [-0.15, -0.1) is 11.3 Å². The molecule has 3 aromatic rings. The molecule has 0 saturated heterocycles. The average Bonchev–Trinajstić information content (AvgIpc) is 3.20. The zero-order chi connectivity index (χ0) is 20.8. The molecule has 2 N–H and O–H groups in total. The number of methoxy groups -OCH3 is 1. The number of amides is 2. The van der Waals surface area contributed by atoms with Gasteiger partial charge in [0.1, 0.15) is 5.75 Å². The molecule has 0 unspecified atom stereocenters. The number of carbonyl (C=O) groups excluding carboxylic acids is 2. The fraction of sp³-hybridized carbons (Fsp3) is 0.190. The lowest BCUT2D eigenvalue weighted by Gasteiger charge is -2.12. The predicted molar refractivity (Wildman–Crippen MR) is 116 cm³/mol. The van der Waals surface area contributed by atoms with E-state index in [4.69, 9.17) is 4.74 Å². The van der Waals surface area contributed by atoms with Crippen LogP contribution in [0.15, 0.2) is 53.9 Å². The van der Waals surface area contributed by atoms with E-state index in [0.717, 1.165) is 22.7 Å². The van der Waals surface area contributed by atoms with E-state index in [1.165, 1.54) is 16.2 Å². The van der Waals surface area contributed by atoms with E-state index in [0.29, 0.717) is 10.7 Å². The van der Waals surface area contributed by atoms with Crippen LogP contribution in [0.5, 0.6) is 5.75 Å². The number of carbonyl (C=O) groups is 2. The minimum absolute atomic E-state index is 0.0248. The number of thiazole rings is 1. The molecule has 2 amide bonds. The Balaban J connectivity index is 1.60. The predicted octanol–water partition coefficient (Wildman–Crippen LogP) is 3.57. The quantitative estimate of drug-likeness (QED) is 0.622. The van der Waals surface area contributed by atoms with Gasteiger partial charge in [-0.1, -0.05) is 0 Å². The maximum Gasteiger partial charge on any atom is 0.257 e. The van der Waals surface area contributed by atoms with E-state index in [2.05, 4.69) is 15.6 Å². The van der Waals surface area contributed by atoms with Gasteiger partial charge in [0.2, 0.25) is 5.91 Å². The lowest BCUT2D eigenvalue weighted by atomic mass is 10.2. The molecule has 0 saturated carbocycles. The Kier molecular flexibility index (Phi) is 6.46. The summed E-state index contributed by atoms with van der Waals surface area (Å²) in [7, 11) is 5.03. The van der Waals surface area contributed by atoms with Gasteiger partial charge in [-0.25, -0.2) is 4.98 Å². The van der Waals surface area contributed by atoms with Crippen molar-refractivity contribution >= 4 is 34.0 Å². The van der Waals surface area contributed by atoms with Crippen molar-refractivity contribution in [2.45, 2.75) is 0 Å². The second-order valence-electron chi connectivity index (χ2n) is 6.44. The molecule has 1 aromatic heterocycles. The first-order chi connectivity index (χ1) is 14.0. The molecule has 0 atom stereocenters. The maximum absolute atomic E-state index is 12.5. The SMILES string of the molecule is COc1ccc(-c2csc(NC(=O)c3ccc(NCC(=O)N(C)C)cc3)n2)cc1. The van der Waals surface area contributed by atoms with Gasteiger partial charge >= 0.3 is 0 Å². The van der Waals surface area contributed by atoms with Crippen LogP contribution in [0.3, 0.4) is 0 Å². The summed E-state index contributed by atoms with van der Waals surface area (Å²) < 4.78 is 5.16. The fourth-order valence-corrected chi connectivity index (χ4v) is 3.18. The van der Waals surface area contributed by atoms with Crippen LogP contribution in [0, 0.1) is 0 Å². The number of hydrogen-bond donors (Lipinski definition) is 2. The highest BCUT2D eigenvalue weighted by Crippen LogP contribution is 2.26. The van der Waals surface area contributed by atoms with Crippen molar-refractivity contribution in [1.29, 1.82) is 0 Å². The zero-order valence-electron chi connectivity index (χ0n) is 16.4. The van der Waals surface area contributed by atoms with Gasteiger partial charge in [-0.2, -0.15) is 0 Å². The van der Waals surface area contributed by atoms with Crippen LogP contribution in [-0.4, -0.2) is 49.4 Å². The number of likely N-dealkylation sites (N-methyl/N-ethyl adjacent to an activating group) is 1. The van der Waals surface area contributed by atoms with E-state index in [9.17, 15) is 9.59 Å². The van der Waals surface area contributed by atoms with Crippen LogP contribution in [0.4, 0.5) is 10.8 Å². The Labute approximate surface area is 173 Å². The number of benzene rings is 2. The number of aromatic nitrogens is 1. The summed E-state index contributed by atoms with van der Waals surface area (Å²) in [6.07, 6.45) is 0. The van der Waals surface area contributed by atoms with Crippen molar-refractivity contribution < 1.29 is 14.3 Å². The maximum atomic E-state index is 12.5. The van der Waals surface area contributed by atoms with Gasteiger partial charge in [0.15, 0.2) is 5.13 Å². The fourth-order valence-electron chi connectivity index (χ4n) is 2.47. The number of hydrogen-bond acceptors (Lipinski definition) is 6. The Morgan fingerprint density at radius 2 is 1.76 bits per heavy atom. The third kappa shape index (κ3) is 5.32. The van der Waals surface area contributed by atoms with E-state index >= 15 is 0 Å². The highest BCUT2D eigenvalue weighted by atomic mass is 32.1. The normalized spacial score (nSPS) is 10.3. The lowest BCUT2D eigenvalue weighted by Crippen LogP contribution is -2.28. The van der Waals surface area contributed by atoms with Crippen LogP contribution in [0.25, 0.3) is 11.3 Å². The van der Waals surface area contributed by atoms with Crippen LogP contribution in [0.2, 0.25) is 0 Å². The summed E-state index contributed by atoms with van der Waals surface area (Å²) in [4.78, 5) is 30.1. The molecule has 0 radical (unpaired) electrons. The molecule has 0 spiro atoms.